The summed E-state index contributed by atoms with van der Waals surface area (Å²) in [4.78, 5) is 14.7. The normalized spacial score (nSPS) is 15.8. The molecule has 2 N–H and O–H groups in total. The Hall–Kier alpha value is -2.23. The molecule has 1 aromatic heterocycles. The molecule has 1 saturated heterocycles. The van der Waals surface area contributed by atoms with Gasteiger partial charge in [0.25, 0.3) is 0 Å². The van der Waals surface area contributed by atoms with Gasteiger partial charge in [-0.2, -0.15) is 5.10 Å². The first kappa shape index (κ1) is 21.5. The van der Waals surface area contributed by atoms with Crippen LogP contribution in [0.25, 0.3) is 11.4 Å². The molecule has 158 valence electrons. The lowest BCUT2D eigenvalue weighted by atomic mass is 10.2. The van der Waals surface area contributed by atoms with Gasteiger partial charge in [-0.15, -0.1) is 0 Å². The van der Waals surface area contributed by atoms with Crippen LogP contribution in [-0.2, 0) is 16.1 Å². The van der Waals surface area contributed by atoms with Crippen molar-refractivity contribution in [3.63, 3.8) is 0 Å². The standard InChI is InChI=1S/C20H29N5O3S/c1-3-28-17-6-4-16(5-7-17)19-22-23-20(29)25(19)9-8-18(26)21-14-15(2)24-10-12-27-13-11-24/h4-7,15H,3,8-14H2,1-2H3,(H,21,26)(H,23,29). The SMILES string of the molecule is CCOc1ccc(-c2n[nH]c(=S)n2CCC(=O)NCC(C)N2CCOCC2)cc1. The van der Waals surface area contributed by atoms with Gasteiger partial charge in [-0.25, -0.2) is 0 Å². The third-order valence-corrected chi connectivity index (χ3v) is 5.32. The summed E-state index contributed by atoms with van der Waals surface area (Å²) in [7, 11) is 0. The van der Waals surface area contributed by atoms with Crippen molar-refractivity contribution < 1.29 is 14.3 Å². The third-order valence-electron chi connectivity index (χ3n) is 5.01. The van der Waals surface area contributed by atoms with E-state index >= 15 is 0 Å². The first-order valence-electron chi connectivity index (χ1n) is 10.1. The van der Waals surface area contributed by atoms with Crippen molar-refractivity contribution in [2.45, 2.75) is 32.9 Å². The van der Waals surface area contributed by atoms with Gasteiger partial charge >= 0.3 is 0 Å². The summed E-state index contributed by atoms with van der Waals surface area (Å²) >= 11 is 5.35. The molecule has 1 unspecified atom stereocenters. The minimum absolute atomic E-state index is 0.00542. The van der Waals surface area contributed by atoms with Crippen molar-refractivity contribution in [3.8, 4) is 17.1 Å². The number of amides is 1. The van der Waals surface area contributed by atoms with E-state index < -0.39 is 0 Å². The van der Waals surface area contributed by atoms with Gasteiger partial charge in [0.05, 0.1) is 19.8 Å². The second-order valence-electron chi connectivity index (χ2n) is 7.01. The Morgan fingerprint density at radius 2 is 2.07 bits per heavy atom. The maximum absolute atomic E-state index is 12.4. The van der Waals surface area contributed by atoms with E-state index in [9.17, 15) is 4.79 Å². The molecule has 3 rings (SSSR count). The highest BCUT2D eigenvalue weighted by atomic mass is 32.1. The number of aromatic amines is 1. The number of nitrogens with one attached hydrogen (secondary N) is 2. The Balaban J connectivity index is 1.54. The van der Waals surface area contributed by atoms with E-state index in [4.69, 9.17) is 21.7 Å². The second kappa shape index (κ2) is 10.5. The van der Waals surface area contributed by atoms with Crippen LogP contribution < -0.4 is 10.1 Å². The molecular formula is C20H29N5O3S. The van der Waals surface area contributed by atoms with E-state index in [0.29, 0.717) is 42.8 Å². The van der Waals surface area contributed by atoms with E-state index in [1.165, 1.54) is 0 Å². The molecule has 0 spiro atoms. The average molecular weight is 420 g/mol. The fourth-order valence-corrected chi connectivity index (χ4v) is 3.55. The molecule has 0 aliphatic carbocycles. The Morgan fingerprint density at radius 3 is 2.76 bits per heavy atom. The maximum atomic E-state index is 12.4. The number of benzene rings is 1. The van der Waals surface area contributed by atoms with E-state index in [1.54, 1.807) is 0 Å². The summed E-state index contributed by atoms with van der Waals surface area (Å²) in [5.41, 5.74) is 0.919. The van der Waals surface area contributed by atoms with Gasteiger partial charge in [-0.1, -0.05) is 0 Å². The van der Waals surface area contributed by atoms with E-state index in [0.717, 1.165) is 37.6 Å². The quantitative estimate of drug-likeness (QED) is 0.607. The first-order valence-corrected chi connectivity index (χ1v) is 10.5. The Kier molecular flexibility index (Phi) is 7.79. The van der Waals surface area contributed by atoms with E-state index in [-0.39, 0.29) is 5.91 Å². The minimum atomic E-state index is 0.00542. The second-order valence-corrected chi connectivity index (χ2v) is 7.40. The zero-order chi connectivity index (χ0) is 20.6. The van der Waals surface area contributed by atoms with E-state index in [2.05, 4.69) is 27.3 Å². The average Bonchev–Trinajstić information content (AvgIpc) is 3.12. The number of hydrogen-bond acceptors (Lipinski definition) is 6. The van der Waals surface area contributed by atoms with Crippen molar-refractivity contribution in [2.24, 2.45) is 0 Å². The highest BCUT2D eigenvalue weighted by Gasteiger charge is 2.17. The zero-order valence-corrected chi connectivity index (χ0v) is 17.8. The number of carbonyl (C=O) groups excluding carboxylic acids is 1. The number of ether oxygens (including phenoxy) is 2. The molecule has 1 aliphatic heterocycles. The minimum Gasteiger partial charge on any atom is -0.494 e. The lowest BCUT2D eigenvalue weighted by molar-refractivity contribution is -0.121. The van der Waals surface area contributed by atoms with Gasteiger partial charge in [0, 0.05) is 44.2 Å². The van der Waals surface area contributed by atoms with Crippen molar-refractivity contribution in [1.82, 2.24) is 25.0 Å². The smallest absolute Gasteiger partial charge is 0.221 e. The molecule has 1 aliphatic rings. The van der Waals surface area contributed by atoms with Gasteiger partial charge in [0.2, 0.25) is 5.91 Å². The van der Waals surface area contributed by atoms with E-state index in [1.807, 2.05) is 35.8 Å². The highest BCUT2D eigenvalue weighted by molar-refractivity contribution is 7.71. The van der Waals surface area contributed by atoms with Crippen LogP contribution >= 0.6 is 12.2 Å². The van der Waals surface area contributed by atoms with Crippen LogP contribution in [0.3, 0.4) is 0 Å². The van der Waals surface area contributed by atoms with Crippen LogP contribution in [0.15, 0.2) is 24.3 Å². The number of aromatic nitrogens is 3. The van der Waals surface area contributed by atoms with Crippen molar-refractivity contribution >= 4 is 18.1 Å². The molecule has 9 heteroatoms. The largest absolute Gasteiger partial charge is 0.494 e. The first-order chi connectivity index (χ1) is 14.1. The van der Waals surface area contributed by atoms with Crippen LogP contribution in [0.4, 0.5) is 0 Å². The van der Waals surface area contributed by atoms with Gasteiger partial charge in [0.15, 0.2) is 10.6 Å². The van der Waals surface area contributed by atoms with Gasteiger partial charge < -0.3 is 14.8 Å². The zero-order valence-electron chi connectivity index (χ0n) is 17.0. The molecule has 29 heavy (non-hydrogen) atoms. The van der Waals surface area contributed by atoms with Crippen LogP contribution in [0.2, 0.25) is 0 Å². The van der Waals surface area contributed by atoms with Crippen molar-refractivity contribution in [1.29, 1.82) is 0 Å². The third kappa shape index (κ3) is 5.88. The molecule has 1 aromatic carbocycles. The Bertz CT molecular complexity index is 843. The molecule has 0 saturated carbocycles. The summed E-state index contributed by atoms with van der Waals surface area (Å²) < 4.78 is 13.2. The van der Waals surface area contributed by atoms with Gasteiger partial charge in [-0.05, 0) is 50.3 Å². The summed E-state index contributed by atoms with van der Waals surface area (Å²) in [5.74, 6) is 1.53. The number of H-pyrrole nitrogens is 1. The molecule has 0 bridgehead atoms. The molecule has 1 fully saturated rings. The molecule has 2 heterocycles. The van der Waals surface area contributed by atoms with Crippen LogP contribution in [-0.4, -0.2) is 71.1 Å². The number of carbonyl (C=O) groups is 1. The van der Waals surface area contributed by atoms with Crippen LogP contribution in [0, 0.1) is 4.77 Å². The van der Waals surface area contributed by atoms with Crippen molar-refractivity contribution in [3.05, 3.63) is 29.0 Å². The molecule has 1 amide bonds. The summed E-state index contributed by atoms with van der Waals surface area (Å²) in [6.07, 6.45) is 0.341. The highest BCUT2D eigenvalue weighted by Crippen LogP contribution is 2.21. The summed E-state index contributed by atoms with van der Waals surface area (Å²) in [6, 6.07) is 7.98. The Labute approximate surface area is 176 Å². The molecule has 0 radical (unpaired) electrons. The van der Waals surface area contributed by atoms with Gasteiger partial charge in [0.1, 0.15) is 5.75 Å². The number of nitrogens with zero attached hydrogens (tertiary/aromatic N) is 3. The predicted octanol–water partition coefficient (Wildman–Crippen LogP) is 2.23. The lowest BCUT2D eigenvalue weighted by Gasteiger charge is -2.32. The topological polar surface area (TPSA) is 84.4 Å². The number of hydrogen-bond donors (Lipinski definition) is 2. The summed E-state index contributed by atoms with van der Waals surface area (Å²) in [5, 5.41) is 10.2. The van der Waals surface area contributed by atoms with Crippen LogP contribution in [0.5, 0.6) is 5.75 Å². The fourth-order valence-electron chi connectivity index (χ4n) is 3.32. The lowest BCUT2D eigenvalue weighted by Crippen LogP contribution is -2.47. The molecule has 8 nitrogen and oxygen atoms in total. The monoisotopic (exact) mass is 419 g/mol. The molecule has 1 atom stereocenters. The molecular weight excluding hydrogens is 390 g/mol. The van der Waals surface area contributed by atoms with Gasteiger partial charge in [-0.3, -0.25) is 19.4 Å². The summed E-state index contributed by atoms with van der Waals surface area (Å²) in [6.45, 7) is 9.12. The predicted molar refractivity (Wildman–Crippen MR) is 113 cm³/mol. The fraction of sp³-hybridized carbons (Fsp3) is 0.550. The Morgan fingerprint density at radius 1 is 1.34 bits per heavy atom. The van der Waals surface area contributed by atoms with Crippen molar-refractivity contribution in [2.75, 3.05) is 39.5 Å². The maximum Gasteiger partial charge on any atom is 0.221 e. The number of rotatable bonds is 9. The van der Waals surface area contributed by atoms with Crippen LogP contribution in [0.1, 0.15) is 20.3 Å². The molecule has 2 aromatic rings. The number of morpholine rings is 1.